The predicted molar refractivity (Wildman–Crippen MR) is 109 cm³/mol. The van der Waals surface area contributed by atoms with Crippen LogP contribution >= 0.6 is 11.8 Å². The fourth-order valence-electron chi connectivity index (χ4n) is 3.50. The monoisotopic (exact) mass is 421 g/mol. The number of hydrogen-bond acceptors (Lipinski definition) is 6. The van der Waals surface area contributed by atoms with Crippen molar-refractivity contribution in [1.29, 1.82) is 0 Å². The molecule has 3 heterocycles. The third-order valence-corrected chi connectivity index (χ3v) is 6.05. The highest BCUT2D eigenvalue weighted by molar-refractivity contribution is 7.99. The van der Waals surface area contributed by atoms with E-state index in [0.717, 1.165) is 11.3 Å². The maximum atomic E-state index is 13.1. The Morgan fingerprint density at radius 2 is 1.67 bits per heavy atom. The van der Waals surface area contributed by atoms with Gasteiger partial charge in [-0.1, -0.05) is 36.0 Å². The first-order valence-corrected chi connectivity index (χ1v) is 10.4. The molecule has 2 aliphatic heterocycles. The van der Waals surface area contributed by atoms with Gasteiger partial charge in [-0.15, -0.1) is 10.2 Å². The number of amides is 2. The van der Waals surface area contributed by atoms with Crippen LogP contribution in [-0.4, -0.2) is 49.6 Å². The summed E-state index contributed by atoms with van der Waals surface area (Å²) in [6, 6.07) is 13.1. The zero-order chi connectivity index (χ0) is 20.7. The summed E-state index contributed by atoms with van der Waals surface area (Å²) < 4.78 is 14.8. The molecule has 7 nitrogen and oxygen atoms in total. The van der Waals surface area contributed by atoms with Crippen molar-refractivity contribution in [3.8, 4) is 0 Å². The van der Waals surface area contributed by atoms with E-state index in [9.17, 15) is 14.0 Å². The van der Waals surface area contributed by atoms with E-state index < -0.39 is 0 Å². The number of carbonyl (C=O) groups excluding carboxylic acids is 2. The van der Waals surface area contributed by atoms with E-state index >= 15 is 0 Å². The van der Waals surface area contributed by atoms with Gasteiger partial charge >= 0.3 is 0 Å². The largest absolute Gasteiger partial charge is 0.274 e. The van der Waals surface area contributed by atoms with Crippen LogP contribution in [-0.2, 0) is 6.42 Å². The lowest BCUT2D eigenvalue weighted by Gasteiger charge is -2.17. The van der Waals surface area contributed by atoms with Crippen LogP contribution in [0.5, 0.6) is 0 Å². The van der Waals surface area contributed by atoms with Crippen LogP contribution in [0.1, 0.15) is 38.5 Å². The van der Waals surface area contributed by atoms with Crippen LogP contribution in [0.2, 0.25) is 0 Å². The molecule has 0 spiro atoms. The molecule has 0 atom stereocenters. The molecule has 1 aromatic heterocycles. The number of benzene rings is 2. The Morgan fingerprint density at radius 1 is 0.967 bits per heavy atom. The van der Waals surface area contributed by atoms with E-state index in [4.69, 9.17) is 0 Å². The second-order valence-electron chi connectivity index (χ2n) is 7.03. The molecule has 2 aliphatic rings. The van der Waals surface area contributed by atoms with Gasteiger partial charge in [-0.05, 0) is 29.8 Å². The Kier molecular flexibility index (Phi) is 4.66. The Bertz CT molecular complexity index is 1150. The molecule has 5 rings (SSSR count). The van der Waals surface area contributed by atoms with Gasteiger partial charge in [0.2, 0.25) is 5.16 Å². The summed E-state index contributed by atoms with van der Waals surface area (Å²) in [5.74, 6) is 0.467. The van der Waals surface area contributed by atoms with Gasteiger partial charge in [0.15, 0.2) is 5.82 Å². The van der Waals surface area contributed by atoms with Crippen molar-refractivity contribution >= 4 is 29.3 Å². The van der Waals surface area contributed by atoms with Crippen LogP contribution in [0.25, 0.3) is 0 Å². The maximum absolute atomic E-state index is 13.1. The normalized spacial score (nSPS) is 15.2. The zero-order valence-corrected chi connectivity index (χ0v) is 16.6. The molecule has 9 heteroatoms. The van der Waals surface area contributed by atoms with E-state index in [2.05, 4.69) is 15.3 Å². The summed E-state index contributed by atoms with van der Waals surface area (Å²) >= 11 is 1.51. The molecular formula is C21H16FN5O2S. The Morgan fingerprint density at radius 3 is 2.37 bits per heavy atom. The minimum atomic E-state index is -0.286. The quantitative estimate of drug-likeness (QED) is 0.592. The summed E-state index contributed by atoms with van der Waals surface area (Å²) in [4.78, 5) is 26.3. The Balaban J connectivity index is 1.31. The fourth-order valence-corrected chi connectivity index (χ4v) is 4.37. The van der Waals surface area contributed by atoms with Gasteiger partial charge in [0.1, 0.15) is 5.82 Å². The third-order valence-electron chi connectivity index (χ3n) is 5.06. The smallest absolute Gasteiger partial charge is 0.261 e. The lowest BCUT2D eigenvalue weighted by molar-refractivity contribution is 0.0658. The summed E-state index contributed by atoms with van der Waals surface area (Å²) in [5, 5.41) is 13.7. The highest BCUT2D eigenvalue weighted by Gasteiger charge is 2.35. The predicted octanol–water partition coefficient (Wildman–Crippen LogP) is 3.00. The Labute approximate surface area is 175 Å². The number of aromatic nitrogens is 3. The second-order valence-corrected chi connectivity index (χ2v) is 7.97. The van der Waals surface area contributed by atoms with Crippen molar-refractivity contribution in [3.05, 3.63) is 76.9 Å². The van der Waals surface area contributed by atoms with Crippen LogP contribution in [0.3, 0.4) is 0 Å². The summed E-state index contributed by atoms with van der Waals surface area (Å²) in [7, 11) is 0. The standard InChI is InChI=1S/C21H16FN5O2S/c22-14-7-5-13(6-8-14)11-18-23-24-21-27(18)25-15(12-30-21)9-10-26-19(28)16-3-1-2-4-17(16)20(26)29/h1-8H,9-12H2. The first kappa shape index (κ1) is 18.7. The molecule has 0 radical (unpaired) electrons. The topological polar surface area (TPSA) is 80.5 Å². The van der Waals surface area contributed by atoms with Crippen LogP contribution in [0.15, 0.2) is 58.8 Å². The van der Waals surface area contributed by atoms with Crippen molar-refractivity contribution in [2.75, 3.05) is 12.3 Å². The first-order chi connectivity index (χ1) is 14.6. The highest BCUT2D eigenvalue weighted by atomic mass is 32.2. The molecule has 0 fully saturated rings. The third kappa shape index (κ3) is 3.30. The molecule has 150 valence electrons. The van der Waals surface area contributed by atoms with E-state index in [1.807, 2.05) is 0 Å². The summed E-state index contributed by atoms with van der Waals surface area (Å²) in [5.41, 5.74) is 2.66. The summed E-state index contributed by atoms with van der Waals surface area (Å²) in [6.45, 7) is 0.274. The number of hydrogen-bond donors (Lipinski definition) is 0. The minimum absolute atomic E-state index is 0.262. The average molecular weight is 421 g/mol. The van der Waals surface area contributed by atoms with Gasteiger partial charge in [0.05, 0.1) is 16.8 Å². The van der Waals surface area contributed by atoms with Gasteiger partial charge < -0.3 is 0 Å². The number of thioether (sulfide) groups is 1. The molecule has 0 N–H and O–H groups in total. The van der Waals surface area contributed by atoms with Crippen molar-refractivity contribution in [3.63, 3.8) is 0 Å². The number of imide groups is 1. The van der Waals surface area contributed by atoms with Crippen LogP contribution in [0.4, 0.5) is 4.39 Å². The van der Waals surface area contributed by atoms with Gasteiger partial charge in [0, 0.05) is 25.1 Å². The van der Waals surface area contributed by atoms with Crippen LogP contribution in [0, 0.1) is 5.82 Å². The molecule has 2 amide bonds. The second kappa shape index (κ2) is 7.49. The molecule has 0 aliphatic carbocycles. The fraction of sp³-hybridized carbons (Fsp3) is 0.190. The van der Waals surface area contributed by atoms with Crippen molar-refractivity contribution in [2.45, 2.75) is 18.0 Å². The first-order valence-electron chi connectivity index (χ1n) is 9.43. The molecule has 0 bridgehead atoms. The molecule has 3 aromatic rings. The lowest BCUT2D eigenvalue weighted by atomic mass is 10.1. The number of fused-ring (bicyclic) bond motifs is 2. The molecule has 0 saturated carbocycles. The van der Waals surface area contributed by atoms with Gasteiger partial charge in [0.25, 0.3) is 11.8 Å². The molecular weight excluding hydrogens is 405 g/mol. The molecule has 0 saturated heterocycles. The number of nitrogens with zero attached hydrogens (tertiary/aromatic N) is 5. The zero-order valence-electron chi connectivity index (χ0n) is 15.8. The van der Waals surface area contributed by atoms with E-state index in [0.29, 0.717) is 40.7 Å². The minimum Gasteiger partial charge on any atom is -0.274 e. The highest BCUT2D eigenvalue weighted by Crippen LogP contribution is 2.26. The van der Waals surface area contributed by atoms with Crippen molar-refractivity contribution in [1.82, 2.24) is 19.8 Å². The van der Waals surface area contributed by atoms with Crippen molar-refractivity contribution < 1.29 is 14.0 Å². The molecule has 30 heavy (non-hydrogen) atoms. The maximum Gasteiger partial charge on any atom is 0.261 e. The van der Waals surface area contributed by atoms with E-state index in [-0.39, 0.29) is 24.2 Å². The molecule has 0 unspecified atom stereocenters. The number of carbonyl (C=O) groups is 2. The van der Waals surface area contributed by atoms with Gasteiger partial charge in [-0.25, -0.2) is 4.39 Å². The number of halogens is 1. The van der Waals surface area contributed by atoms with E-state index in [1.165, 1.54) is 28.8 Å². The Hall–Kier alpha value is -3.33. The van der Waals surface area contributed by atoms with Gasteiger partial charge in [-0.3, -0.25) is 14.5 Å². The lowest BCUT2D eigenvalue weighted by Crippen LogP contribution is -2.32. The van der Waals surface area contributed by atoms with Gasteiger partial charge in [-0.2, -0.15) is 9.78 Å². The SMILES string of the molecule is O=C1c2ccccc2C(=O)N1CCC1=Nn2c(Cc3ccc(F)cc3)nnc2SC1. The molecule has 2 aromatic carbocycles. The van der Waals surface area contributed by atoms with Crippen LogP contribution < -0.4 is 0 Å². The van der Waals surface area contributed by atoms with E-state index in [1.54, 1.807) is 41.1 Å². The number of rotatable bonds is 5. The summed E-state index contributed by atoms with van der Waals surface area (Å²) in [6.07, 6.45) is 0.953. The van der Waals surface area contributed by atoms with Crippen molar-refractivity contribution in [2.24, 2.45) is 5.10 Å². The average Bonchev–Trinajstić information content (AvgIpc) is 3.27.